The molecule has 1 aromatic carbocycles. The maximum Gasteiger partial charge on any atom is 0.321 e. The summed E-state index contributed by atoms with van der Waals surface area (Å²) in [5, 5.41) is 11.5. The highest BCUT2D eigenvalue weighted by molar-refractivity contribution is 5.91. The number of amides is 2. The van der Waals surface area contributed by atoms with Crippen molar-refractivity contribution in [1.29, 1.82) is 5.26 Å². The fourth-order valence-corrected chi connectivity index (χ4v) is 1.92. The van der Waals surface area contributed by atoms with Gasteiger partial charge in [-0.25, -0.2) is 4.79 Å². The number of anilines is 1. The van der Waals surface area contributed by atoms with E-state index in [1.54, 1.807) is 7.05 Å². The first-order chi connectivity index (χ1) is 9.13. The van der Waals surface area contributed by atoms with Crippen molar-refractivity contribution in [3.63, 3.8) is 0 Å². The lowest BCUT2D eigenvalue weighted by Gasteiger charge is -2.20. The minimum atomic E-state index is -0.161. The highest BCUT2D eigenvalue weighted by Gasteiger charge is 2.12. The Kier molecular flexibility index (Phi) is 5.87. The summed E-state index contributed by atoms with van der Waals surface area (Å²) in [5.74, 6) is 0. The molecule has 1 N–H and O–H groups in total. The Labute approximate surface area is 115 Å². The van der Waals surface area contributed by atoms with Gasteiger partial charge in [0.1, 0.15) is 0 Å². The van der Waals surface area contributed by atoms with E-state index in [-0.39, 0.29) is 6.03 Å². The van der Waals surface area contributed by atoms with Gasteiger partial charge in [-0.15, -0.1) is 0 Å². The molecule has 0 heterocycles. The highest BCUT2D eigenvalue weighted by Crippen LogP contribution is 2.22. The Bertz CT molecular complexity index is 455. The van der Waals surface area contributed by atoms with Crippen LogP contribution in [0.4, 0.5) is 10.5 Å². The zero-order valence-corrected chi connectivity index (χ0v) is 11.9. The number of rotatable bonds is 5. The fourth-order valence-electron chi connectivity index (χ4n) is 1.92. The second-order valence-corrected chi connectivity index (χ2v) is 4.42. The van der Waals surface area contributed by atoms with Gasteiger partial charge >= 0.3 is 6.03 Å². The third-order valence-corrected chi connectivity index (χ3v) is 3.14. The van der Waals surface area contributed by atoms with Crippen LogP contribution in [0.2, 0.25) is 0 Å². The normalized spacial score (nSPS) is 9.79. The summed E-state index contributed by atoms with van der Waals surface area (Å²) in [6.07, 6.45) is 2.11. The molecule has 0 unspecified atom stereocenters. The van der Waals surface area contributed by atoms with Crippen LogP contribution in [0.1, 0.15) is 31.4 Å². The molecule has 4 nitrogen and oxygen atoms in total. The average Bonchev–Trinajstić information content (AvgIpc) is 2.44. The second-order valence-electron chi connectivity index (χ2n) is 4.42. The Balaban J connectivity index is 2.86. The predicted octanol–water partition coefficient (Wildman–Crippen LogP) is 3.19. The number of hydrogen-bond donors (Lipinski definition) is 1. The van der Waals surface area contributed by atoms with Crippen LogP contribution in [0.25, 0.3) is 0 Å². The monoisotopic (exact) mass is 259 g/mol. The lowest BCUT2D eigenvalue weighted by atomic mass is 10.0. The first-order valence-corrected chi connectivity index (χ1v) is 6.63. The smallest absolute Gasteiger partial charge is 0.321 e. The molecule has 102 valence electrons. The molecule has 0 atom stereocenters. The van der Waals surface area contributed by atoms with E-state index in [1.807, 2.05) is 24.3 Å². The van der Waals surface area contributed by atoms with E-state index < -0.39 is 0 Å². The van der Waals surface area contributed by atoms with Gasteiger partial charge in [0.05, 0.1) is 12.5 Å². The van der Waals surface area contributed by atoms with E-state index in [4.69, 9.17) is 5.26 Å². The molecule has 0 aromatic heterocycles. The lowest BCUT2D eigenvalue weighted by Crippen LogP contribution is -2.32. The molecule has 4 heteroatoms. The number of benzene rings is 1. The Morgan fingerprint density at radius 2 is 1.89 bits per heavy atom. The van der Waals surface area contributed by atoms with Crippen molar-refractivity contribution in [3.05, 3.63) is 29.3 Å². The summed E-state index contributed by atoms with van der Waals surface area (Å²) >= 11 is 0. The first kappa shape index (κ1) is 15.0. The number of nitriles is 1. The topological polar surface area (TPSA) is 56.1 Å². The Morgan fingerprint density at radius 1 is 1.32 bits per heavy atom. The van der Waals surface area contributed by atoms with E-state index in [9.17, 15) is 4.79 Å². The lowest BCUT2D eigenvalue weighted by molar-refractivity contribution is 0.223. The molecule has 2 amide bonds. The number of nitrogens with zero attached hydrogens (tertiary/aromatic N) is 2. The van der Waals surface area contributed by atoms with E-state index in [1.165, 1.54) is 4.90 Å². The second kappa shape index (κ2) is 7.42. The minimum Gasteiger partial charge on any atom is -0.327 e. The standard InChI is InChI=1S/C15H21N3O/c1-4-12-8-6-9-13(5-2)14(12)17-15(19)18(3)11-7-10-16/h6,8-9H,4-5,7,11H2,1-3H3,(H,17,19). The van der Waals surface area contributed by atoms with Gasteiger partial charge in [-0.05, 0) is 24.0 Å². The van der Waals surface area contributed by atoms with Crippen LogP contribution < -0.4 is 5.32 Å². The van der Waals surface area contributed by atoms with E-state index >= 15 is 0 Å². The predicted molar refractivity (Wildman–Crippen MR) is 77.1 cm³/mol. The summed E-state index contributed by atoms with van der Waals surface area (Å²) in [6.45, 7) is 4.59. The zero-order chi connectivity index (χ0) is 14.3. The minimum absolute atomic E-state index is 0.161. The molecule has 0 saturated carbocycles. The van der Waals surface area contributed by atoms with Gasteiger partial charge in [0.2, 0.25) is 0 Å². The van der Waals surface area contributed by atoms with Crippen LogP contribution in [0.3, 0.4) is 0 Å². The molecular formula is C15H21N3O. The van der Waals surface area contributed by atoms with E-state index in [0.29, 0.717) is 13.0 Å². The summed E-state index contributed by atoms with van der Waals surface area (Å²) < 4.78 is 0. The van der Waals surface area contributed by atoms with Gasteiger partial charge in [0, 0.05) is 19.3 Å². The SMILES string of the molecule is CCc1cccc(CC)c1NC(=O)N(C)CCC#N. The van der Waals surface area contributed by atoms with Crippen LogP contribution in [-0.2, 0) is 12.8 Å². The van der Waals surface area contributed by atoms with Gasteiger partial charge in [0.15, 0.2) is 0 Å². The van der Waals surface area contributed by atoms with Crippen molar-refractivity contribution in [1.82, 2.24) is 4.90 Å². The van der Waals surface area contributed by atoms with Gasteiger partial charge in [-0.3, -0.25) is 0 Å². The molecule has 0 fully saturated rings. The van der Waals surface area contributed by atoms with Crippen LogP contribution >= 0.6 is 0 Å². The van der Waals surface area contributed by atoms with Gasteiger partial charge in [0.25, 0.3) is 0 Å². The number of urea groups is 1. The molecular weight excluding hydrogens is 238 g/mol. The molecule has 0 radical (unpaired) electrons. The molecule has 0 spiro atoms. The summed E-state index contributed by atoms with van der Waals surface area (Å²) in [5.41, 5.74) is 3.20. The maximum atomic E-state index is 12.1. The fraction of sp³-hybridized carbons (Fsp3) is 0.467. The molecule has 0 aliphatic rings. The number of hydrogen-bond acceptors (Lipinski definition) is 2. The summed E-state index contributed by atoms with van der Waals surface area (Å²) in [4.78, 5) is 13.6. The van der Waals surface area contributed by atoms with Crippen molar-refractivity contribution >= 4 is 11.7 Å². The van der Waals surface area contributed by atoms with E-state index in [2.05, 4.69) is 19.2 Å². The van der Waals surface area contributed by atoms with Gasteiger partial charge < -0.3 is 10.2 Å². The van der Waals surface area contributed by atoms with Crippen molar-refractivity contribution in [2.75, 3.05) is 18.9 Å². The van der Waals surface area contributed by atoms with Crippen molar-refractivity contribution < 1.29 is 4.79 Å². The average molecular weight is 259 g/mol. The molecule has 1 rings (SSSR count). The van der Waals surface area contributed by atoms with Crippen molar-refractivity contribution in [2.45, 2.75) is 33.1 Å². The van der Waals surface area contributed by atoms with Crippen LogP contribution in [0, 0.1) is 11.3 Å². The van der Waals surface area contributed by atoms with Crippen molar-refractivity contribution in [2.24, 2.45) is 0 Å². The van der Waals surface area contributed by atoms with Gasteiger partial charge in [-0.1, -0.05) is 32.0 Å². The Morgan fingerprint density at radius 3 is 2.37 bits per heavy atom. The first-order valence-electron chi connectivity index (χ1n) is 6.63. The number of carbonyl (C=O) groups excluding carboxylic acids is 1. The number of aryl methyl sites for hydroxylation is 2. The van der Waals surface area contributed by atoms with E-state index in [0.717, 1.165) is 29.7 Å². The van der Waals surface area contributed by atoms with Crippen LogP contribution in [0.15, 0.2) is 18.2 Å². The van der Waals surface area contributed by atoms with Crippen LogP contribution in [0.5, 0.6) is 0 Å². The number of para-hydroxylation sites is 1. The number of carbonyl (C=O) groups is 1. The summed E-state index contributed by atoms with van der Waals surface area (Å²) in [6, 6.07) is 7.96. The molecule has 19 heavy (non-hydrogen) atoms. The third kappa shape index (κ3) is 3.99. The Hall–Kier alpha value is -2.02. The quantitative estimate of drug-likeness (QED) is 0.882. The maximum absolute atomic E-state index is 12.1. The molecule has 0 saturated heterocycles. The molecule has 0 aliphatic carbocycles. The molecule has 1 aromatic rings. The zero-order valence-electron chi connectivity index (χ0n) is 11.9. The number of nitrogens with one attached hydrogen (secondary N) is 1. The van der Waals surface area contributed by atoms with Crippen LogP contribution in [-0.4, -0.2) is 24.5 Å². The van der Waals surface area contributed by atoms with Gasteiger partial charge in [-0.2, -0.15) is 5.26 Å². The highest BCUT2D eigenvalue weighted by atomic mass is 16.2. The summed E-state index contributed by atoms with van der Waals surface area (Å²) in [7, 11) is 1.70. The largest absolute Gasteiger partial charge is 0.327 e. The third-order valence-electron chi connectivity index (χ3n) is 3.14. The molecule has 0 bridgehead atoms. The molecule has 0 aliphatic heterocycles. The van der Waals surface area contributed by atoms with Crippen molar-refractivity contribution in [3.8, 4) is 6.07 Å².